The third-order valence-electron chi connectivity index (χ3n) is 5.62. The number of hydrogen-bond acceptors (Lipinski definition) is 3. The van der Waals surface area contributed by atoms with Crippen molar-refractivity contribution in [2.24, 2.45) is 0 Å². The van der Waals surface area contributed by atoms with Gasteiger partial charge >= 0.3 is 0 Å². The van der Waals surface area contributed by atoms with Crippen molar-refractivity contribution in [3.05, 3.63) is 89.6 Å². The molecule has 2 aliphatic heterocycles. The average Bonchev–Trinajstić information content (AvgIpc) is 3.18. The van der Waals surface area contributed by atoms with Gasteiger partial charge in [-0.1, -0.05) is 59.7 Å². The predicted octanol–water partition coefficient (Wildman–Crippen LogP) is 5.88. The van der Waals surface area contributed by atoms with Gasteiger partial charge in [-0.2, -0.15) is 0 Å². The maximum absolute atomic E-state index is 5.59. The smallest absolute Gasteiger partial charge is 0.123 e. The molecule has 0 bridgehead atoms. The molecule has 0 saturated heterocycles. The summed E-state index contributed by atoms with van der Waals surface area (Å²) in [4.78, 5) is 0. The Labute approximate surface area is 176 Å². The minimum absolute atomic E-state index is 0.706. The molecule has 5 rings (SSSR count). The summed E-state index contributed by atoms with van der Waals surface area (Å²) >= 11 is 0. The van der Waals surface area contributed by atoms with Gasteiger partial charge in [-0.3, -0.25) is 0 Å². The lowest BCUT2D eigenvalue weighted by molar-refractivity contribution is 0.408. The number of ether oxygens (including phenoxy) is 1. The standard InChI is InChI=1S/C26H23N3O/c1-17-8-11-19(12-9-17)25-22-16-29(15-20-6-4-5-7-24(20)30-3)23-13-10-18(2)14-21(23)26(22)28-27-25/h4-14,16H,15H2,1-3H3. The second-order valence-electron chi connectivity index (χ2n) is 7.77. The number of methoxy groups -OCH3 is 1. The fourth-order valence-electron chi connectivity index (χ4n) is 4.03. The second kappa shape index (κ2) is 7.30. The first kappa shape index (κ1) is 18.4. The van der Waals surface area contributed by atoms with Crippen LogP contribution in [0.3, 0.4) is 0 Å². The number of benzene rings is 3. The number of para-hydroxylation sites is 1. The lowest BCUT2D eigenvalue weighted by Gasteiger charge is -2.17. The van der Waals surface area contributed by atoms with E-state index < -0.39 is 0 Å². The van der Waals surface area contributed by atoms with Crippen LogP contribution in [0.4, 0.5) is 0 Å². The molecule has 0 unspecified atom stereocenters. The summed E-state index contributed by atoms with van der Waals surface area (Å²) in [5, 5.41) is 10.3. The molecule has 2 heterocycles. The molecule has 0 radical (unpaired) electrons. The van der Waals surface area contributed by atoms with E-state index >= 15 is 0 Å². The fraction of sp³-hybridized carbons (Fsp3) is 0.154. The van der Waals surface area contributed by atoms with Crippen LogP contribution in [0.15, 0.2) is 72.9 Å². The molecule has 0 atom stereocenters. The molecule has 3 aromatic carbocycles. The molecule has 4 heteroatoms. The van der Waals surface area contributed by atoms with Gasteiger partial charge in [-0.05, 0) is 32.0 Å². The number of pyridine rings is 1. The van der Waals surface area contributed by atoms with Crippen molar-refractivity contribution in [1.29, 1.82) is 0 Å². The molecule has 0 aromatic heterocycles. The van der Waals surface area contributed by atoms with E-state index in [0.717, 1.165) is 44.7 Å². The first-order chi connectivity index (χ1) is 14.6. The van der Waals surface area contributed by atoms with Gasteiger partial charge in [0.1, 0.15) is 17.1 Å². The number of rotatable bonds is 4. The third-order valence-corrected chi connectivity index (χ3v) is 5.62. The van der Waals surface area contributed by atoms with Crippen LogP contribution in [0.1, 0.15) is 16.7 Å². The van der Waals surface area contributed by atoms with Gasteiger partial charge in [0, 0.05) is 28.3 Å². The van der Waals surface area contributed by atoms with Gasteiger partial charge in [0.2, 0.25) is 0 Å². The second-order valence-corrected chi connectivity index (χ2v) is 7.77. The van der Waals surface area contributed by atoms with Crippen LogP contribution in [0.25, 0.3) is 33.4 Å². The minimum atomic E-state index is 0.706. The number of fused-ring (bicyclic) bond motifs is 3. The molecule has 0 saturated carbocycles. The topological polar surface area (TPSA) is 39.9 Å². The molecule has 0 spiro atoms. The highest BCUT2D eigenvalue weighted by molar-refractivity contribution is 5.98. The zero-order chi connectivity index (χ0) is 20.7. The maximum atomic E-state index is 5.59. The summed E-state index contributed by atoms with van der Waals surface area (Å²) in [5.41, 5.74) is 8.71. The SMILES string of the molecule is COc1ccccc1Cn1cc2c(-c3ccc(C)cc3)nnc-2c2cc(C)ccc21. The van der Waals surface area contributed by atoms with Crippen LogP contribution < -0.4 is 4.74 Å². The van der Waals surface area contributed by atoms with Gasteiger partial charge in [0.25, 0.3) is 0 Å². The van der Waals surface area contributed by atoms with Crippen molar-refractivity contribution >= 4 is 10.9 Å². The van der Waals surface area contributed by atoms with E-state index in [1.807, 2.05) is 18.2 Å². The Hall–Kier alpha value is -3.66. The molecule has 30 heavy (non-hydrogen) atoms. The summed E-state index contributed by atoms with van der Waals surface area (Å²) in [6.07, 6.45) is 2.18. The zero-order valence-electron chi connectivity index (χ0n) is 17.4. The Morgan fingerprint density at radius 3 is 2.37 bits per heavy atom. The predicted molar refractivity (Wildman–Crippen MR) is 121 cm³/mol. The van der Waals surface area contributed by atoms with Crippen LogP contribution in [0.5, 0.6) is 5.75 Å². The molecular weight excluding hydrogens is 370 g/mol. The Morgan fingerprint density at radius 2 is 1.57 bits per heavy atom. The summed E-state index contributed by atoms with van der Waals surface area (Å²) in [6.45, 7) is 4.91. The Kier molecular flexibility index (Phi) is 4.47. The van der Waals surface area contributed by atoms with E-state index in [1.165, 1.54) is 11.1 Å². The first-order valence-electron chi connectivity index (χ1n) is 10.1. The highest BCUT2D eigenvalue weighted by Crippen LogP contribution is 2.37. The lowest BCUT2D eigenvalue weighted by atomic mass is 10.00. The van der Waals surface area contributed by atoms with Gasteiger partial charge in [-0.15, -0.1) is 10.2 Å². The van der Waals surface area contributed by atoms with Crippen LogP contribution >= 0.6 is 0 Å². The normalized spacial score (nSPS) is 11.3. The van der Waals surface area contributed by atoms with Crippen molar-refractivity contribution in [3.63, 3.8) is 0 Å². The molecule has 0 fully saturated rings. The maximum Gasteiger partial charge on any atom is 0.123 e. The molecule has 0 amide bonds. The van der Waals surface area contributed by atoms with E-state index in [2.05, 4.69) is 83.3 Å². The van der Waals surface area contributed by atoms with E-state index in [-0.39, 0.29) is 0 Å². The van der Waals surface area contributed by atoms with Crippen LogP contribution in [0.2, 0.25) is 0 Å². The highest BCUT2D eigenvalue weighted by Gasteiger charge is 2.20. The quantitative estimate of drug-likeness (QED) is 0.383. The van der Waals surface area contributed by atoms with E-state index in [1.54, 1.807) is 7.11 Å². The van der Waals surface area contributed by atoms with Crippen molar-refractivity contribution in [1.82, 2.24) is 14.8 Å². The van der Waals surface area contributed by atoms with Gasteiger partial charge in [-0.25, -0.2) is 0 Å². The summed E-state index contributed by atoms with van der Waals surface area (Å²) < 4.78 is 7.86. The number of aromatic nitrogens is 3. The van der Waals surface area contributed by atoms with Crippen molar-refractivity contribution in [2.45, 2.75) is 20.4 Å². The van der Waals surface area contributed by atoms with E-state index in [4.69, 9.17) is 4.74 Å². The van der Waals surface area contributed by atoms with Crippen LogP contribution in [-0.4, -0.2) is 21.9 Å². The summed E-state index contributed by atoms with van der Waals surface area (Å²) in [7, 11) is 1.72. The molecule has 3 aromatic rings. The zero-order valence-corrected chi connectivity index (χ0v) is 17.4. The first-order valence-corrected chi connectivity index (χ1v) is 10.1. The van der Waals surface area contributed by atoms with Crippen LogP contribution in [-0.2, 0) is 6.54 Å². The van der Waals surface area contributed by atoms with E-state index in [9.17, 15) is 0 Å². The Bertz CT molecular complexity index is 1320. The molecular formula is C26H23N3O. The Balaban J connectivity index is 1.74. The highest BCUT2D eigenvalue weighted by atomic mass is 16.5. The largest absolute Gasteiger partial charge is 0.496 e. The van der Waals surface area contributed by atoms with Crippen molar-refractivity contribution in [2.75, 3.05) is 7.11 Å². The molecule has 0 N–H and O–H groups in total. The van der Waals surface area contributed by atoms with Gasteiger partial charge in [0.15, 0.2) is 0 Å². The molecule has 148 valence electrons. The summed E-state index contributed by atoms with van der Waals surface area (Å²) in [6, 6.07) is 23.1. The molecule has 4 nitrogen and oxygen atoms in total. The van der Waals surface area contributed by atoms with Gasteiger partial charge in [0.05, 0.1) is 19.2 Å². The number of nitrogens with zero attached hydrogens (tertiary/aromatic N) is 3. The lowest BCUT2D eigenvalue weighted by Crippen LogP contribution is -2.05. The molecule has 0 aliphatic carbocycles. The minimum Gasteiger partial charge on any atom is -0.496 e. The van der Waals surface area contributed by atoms with Crippen molar-refractivity contribution in [3.8, 4) is 28.3 Å². The average molecular weight is 393 g/mol. The molecule has 2 aliphatic rings. The van der Waals surface area contributed by atoms with Crippen LogP contribution in [0, 0.1) is 13.8 Å². The fourth-order valence-corrected chi connectivity index (χ4v) is 4.03. The number of aryl methyl sites for hydroxylation is 2. The van der Waals surface area contributed by atoms with Crippen molar-refractivity contribution < 1.29 is 4.74 Å². The third kappa shape index (κ3) is 3.11. The monoisotopic (exact) mass is 393 g/mol. The Morgan fingerprint density at radius 1 is 0.833 bits per heavy atom. The van der Waals surface area contributed by atoms with E-state index in [0.29, 0.717) is 6.54 Å². The van der Waals surface area contributed by atoms with Gasteiger partial charge < -0.3 is 9.30 Å². The number of hydrogen-bond donors (Lipinski definition) is 0. The summed E-state index contributed by atoms with van der Waals surface area (Å²) in [5.74, 6) is 0.892.